The molecular weight excluding hydrogens is 238 g/mol. The van der Waals surface area contributed by atoms with Crippen molar-refractivity contribution in [3.8, 4) is 11.5 Å². The van der Waals surface area contributed by atoms with Crippen molar-refractivity contribution in [3.05, 3.63) is 36.4 Å². The van der Waals surface area contributed by atoms with Crippen LogP contribution in [0.1, 0.15) is 37.8 Å². The molecule has 1 unspecified atom stereocenters. The third kappa shape index (κ3) is 4.60. The zero-order valence-corrected chi connectivity index (χ0v) is 12.2. The van der Waals surface area contributed by atoms with Gasteiger partial charge in [0.05, 0.1) is 14.2 Å². The van der Waals surface area contributed by atoms with Gasteiger partial charge in [0.2, 0.25) is 0 Å². The van der Waals surface area contributed by atoms with E-state index in [0.29, 0.717) is 0 Å². The lowest BCUT2D eigenvalue weighted by atomic mass is 9.99. The van der Waals surface area contributed by atoms with Crippen molar-refractivity contribution in [3.63, 3.8) is 0 Å². The Bertz CT molecular complexity index is 390. The highest BCUT2D eigenvalue weighted by molar-refractivity contribution is 5.42. The molecule has 0 aliphatic carbocycles. The van der Waals surface area contributed by atoms with E-state index in [4.69, 9.17) is 9.47 Å². The summed E-state index contributed by atoms with van der Waals surface area (Å²) < 4.78 is 10.8. The van der Waals surface area contributed by atoms with Gasteiger partial charge in [-0.25, -0.2) is 0 Å². The first-order valence-corrected chi connectivity index (χ1v) is 6.83. The van der Waals surface area contributed by atoms with E-state index in [1.165, 1.54) is 0 Å². The summed E-state index contributed by atoms with van der Waals surface area (Å²) in [5.74, 6) is 1.77. The third-order valence-electron chi connectivity index (χ3n) is 3.16. The van der Waals surface area contributed by atoms with E-state index < -0.39 is 0 Å². The van der Waals surface area contributed by atoms with E-state index in [9.17, 15) is 0 Å². The molecule has 0 bridgehead atoms. The summed E-state index contributed by atoms with van der Waals surface area (Å²) >= 11 is 0. The lowest BCUT2D eigenvalue weighted by Gasteiger charge is -2.21. The minimum absolute atomic E-state index is 0.287. The highest BCUT2D eigenvalue weighted by Gasteiger charge is 2.15. The first-order valence-electron chi connectivity index (χ1n) is 6.83. The van der Waals surface area contributed by atoms with Crippen LogP contribution in [0.4, 0.5) is 0 Å². The zero-order chi connectivity index (χ0) is 14.1. The Morgan fingerprint density at radius 2 is 2.11 bits per heavy atom. The van der Waals surface area contributed by atoms with Crippen molar-refractivity contribution in [1.82, 2.24) is 5.32 Å². The molecule has 0 aliphatic rings. The van der Waals surface area contributed by atoms with E-state index in [1.54, 1.807) is 14.2 Å². The van der Waals surface area contributed by atoms with Crippen molar-refractivity contribution in [2.75, 3.05) is 20.8 Å². The quantitative estimate of drug-likeness (QED) is 0.544. The summed E-state index contributed by atoms with van der Waals surface area (Å²) in [4.78, 5) is 0. The molecule has 1 N–H and O–H groups in total. The van der Waals surface area contributed by atoms with Crippen LogP contribution >= 0.6 is 0 Å². The molecule has 1 rings (SSSR count). The van der Waals surface area contributed by atoms with Crippen molar-refractivity contribution in [2.45, 2.75) is 32.2 Å². The molecule has 0 fully saturated rings. The zero-order valence-electron chi connectivity index (χ0n) is 12.2. The number of allylic oxidation sites excluding steroid dienone is 1. The molecular formula is C16H25NO2. The normalized spacial score (nSPS) is 11.9. The maximum atomic E-state index is 5.46. The number of unbranched alkanes of at least 4 members (excludes halogenated alkanes) is 1. The van der Waals surface area contributed by atoms with Gasteiger partial charge in [0.25, 0.3) is 0 Å². The second-order valence-electron chi connectivity index (χ2n) is 4.44. The number of nitrogens with one attached hydrogen (secondary N) is 1. The van der Waals surface area contributed by atoms with Crippen LogP contribution < -0.4 is 14.8 Å². The lowest BCUT2D eigenvalue weighted by Crippen LogP contribution is -2.21. The molecule has 1 atom stereocenters. The molecule has 1 aromatic carbocycles. The predicted octanol–water partition coefficient (Wildman–Crippen LogP) is 3.71. The summed E-state index contributed by atoms with van der Waals surface area (Å²) in [6.07, 6.45) is 5.17. The van der Waals surface area contributed by atoms with E-state index in [1.807, 2.05) is 18.2 Å². The molecule has 0 spiro atoms. The van der Waals surface area contributed by atoms with Crippen LogP contribution in [0.2, 0.25) is 0 Å². The van der Waals surface area contributed by atoms with Gasteiger partial charge in [-0.2, -0.15) is 0 Å². The topological polar surface area (TPSA) is 30.5 Å². The van der Waals surface area contributed by atoms with Crippen LogP contribution in [-0.2, 0) is 0 Å². The highest BCUT2D eigenvalue weighted by Crippen LogP contribution is 2.31. The lowest BCUT2D eigenvalue weighted by molar-refractivity contribution is 0.386. The molecule has 0 amide bonds. The van der Waals surface area contributed by atoms with Crippen LogP contribution in [0.3, 0.4) is 0 Å². The number of methoxy groups -OCH3 is 2. The van der Waals surface area contributed by atoms with Crippen molar-refractivity contribution >= 4 is 0 Å². The van der Waals surface area contributed by atoms with Crippen molar-refractivity contribution in [1.29, 1.82) is 0 Å². The second-order valence-corrected chi connectivity index (χ2v) is 4.44. The summed E-state index contributed by atoms with van der Waals surface area (Å²) in [5.41, 5.74) is 1.16. The minimum Gasteiger partial charge on any atom is -0.497 e. The van der Waals surface area contributed by atoms with Crippen molar-refractivity contribution < 1.29 is 9.47 Å². The van der Waals surface area contributed by atoms with Gasteiger partial charge in [-0.3, -0.25) is 0 Å². The fraction of sp³-hybridized carbons (Fsp3) is 0.500. The summed E-state index contributed by atoms with van der Waals surface area (Å²) in [5, 5.41) is 3.51. The van der Waals surface area contributed by atoms with E-state index in [-0.39, 0.29) is 6.04 Å². The van der Waals surface area contributed by atoms with Gasteiger partial charge in [0.15, 0.2) is 0 Å². The van der Waals surface area contributed by atoms with E-state index in [2.05, 4.69) is 24.9 Å². The van der Waals surface area contributed by atoms with Gasteiger partial charge in [-0.15, -0.1) is 6.58 Å². The number of ether oxygens (including phenoxy) is 2. The Morgan fingerprint density at radius 3 is 2.68 bits per heavy atom. The molecule has 0 radical (unpaired) electrons. The van der Waals surface area contributed by atoms with Gasteiger partial charge in [0.1, 0.15) is 11.5 Å². The highest BCUT2D eigenvalue weighted by atomic mass is 16.5. The molecule has 0 saturated carbocycles. The first kappa shape index (κ1) is 15.6. The fourth-order valence-corrected chi connectivity index (χ4v) is 2.19. The molecule has 1 aromatic rings. The van der Waals surface area contributed by atoms with Gasteiger partial charge < -0.3 is 14.8 Å². The van der Waals surface area contributed by atoms with Crippen LogP contribution in [0, 0.1) is 0 Å². The molecule has 0 heterocycles. The second kappa shape index (κ2) is 8.59. The van der Waals surface area contributed by atoms with Gasteiger partial charge in [-0.1, -0.05) is 13.0 Å². The largest absolute Gasteiger partial charge is 0.497 e. The van der Waals surface area contributed by atoms with Crippen molar-refractivity contribution in [2.24, 2.45) is 0 Å². The SMILES string of the molecule is C=CCCCC(NCC)c1cc(OC)ccc1OC. The van der Waals surface area contributed by atoms with Gasteiger partial charge in [0, 0.05) is 11.6 Å². The molecule has 106 valence electrons. The van der Waals surface area contributed by atoms with Gasteiger partial charge >= 0.3 is 0 Å². The van der Waals surface area contributed by atoms with Crippen LogP contribution in [0.5, 0.6) is 11.5 Å². The summed E-state index contributed by atoms with van der Waals surface area (Å²) in [6.45, 7) is 6.82. The molecule has 0 aromatic heterocycles. The Morgan fingerprint density at radius 1 is 1.32 bits per heavy atom. The fourth-order valence-electron chi connectivity index (χ4n) is 2.19. The summed E-state index contributed by atoms with van der Waals surface area (Å²) in [7, 11) is 3.39. The monoisotopic (exact) mass is 263 g/mol. The van der Waals surface area contributed by atoms with Crippen LogP contribution in [-0.4, -0.2) is 20.8 Å². The Balaban J connectivity index is 2.94. The maximum Gasteiger partial charge on any atom is 0.123 e. The molecule has 3 heteroatoms. The predicted molar refractivity (Wildman–Crippen MR) is 80.0 cm³/mol. The third-order valence-corrected chi connectivity index (χ3v) is 3.16. The first-order chi connectivity index (χ1) is 9.26. The maximum absolute atomic E-state index is 5.46. The molecule has 0 saturated heterocycles. The smallest absolute Gasteiger partial charge is 0.123 e. The number of hydrogen-bond donors (Lipinski definition) is 1. The molecule has 0 aliphatic heterocycles. The average molecular weight is 263 g/mol. The van der Waals surface area contributed by atoms with E-state index >= 15 is 0 Å². The Kier molecular flexibility index (Phi) is 7.04. The number of hydrogen-bond acceptors (Lipinski definition) is 3. The standard InChI is InChI=1S/C16H25NO2/c1-5-7-8-9-15(17-6-2)14-12-13(18-3)10-11-16(14)19-4/h5,10-12,15,17H,1,6-9H2,2-4H3. The molecule has 19 heavy (non-hydrogen) atoms. The summed E-state index contributed by atoms with van der Waals surface area (Å²) in [6, 6.07) is 6.23. The van der Waals surface area contributed by atoms with Crippen LogP contribution in [0.15, 0.2) is 30.9 Å². The molecule has 3 nitrogen and oxygen atoms in total. The van der Waals surface area contributed by atoms with Crippen LogP contribution in [0.25, 0.3) is 0 Å². The van der Waals surface area contributed by atoms with Gasteiger partial charge in [-0.05, 0) is 44.0 Å². The average Bonchev–Trinajstić information content (AvgIpc) is 2.46. The number of benzene rings is 1. The Labute approximate surface area is 116 Å². The minimum atomic E-state index is 0.287. The Hall–Kier alpha value is -1.48. The van der Waals surface area contributed by atoms with E-state index in [0.717, 1.165) is 42.9 Å². The number of rotatable bonds is 9.